The number of nitrogens with one attached hydrogen (secondary N) is 3. The van der Waals surface area contributed by atoms with Gasteiger partial charge < -0.3 is 25.3 Å². The molecule has 27 heavy (non-hydrogen) atoms. The van der Waals surface area contributed by atoms with Crippen LogP contribution in [-0.4, -0.2) is 45.2 Å². The Bertz CT molecular complexity index is 968. The van der Waals surface area contributed by atoms with E-state index in [1.807, 2.05) is 32.3 Å². The van der Waals surface area contributed by atoms with Crippen molar-refractivity contribution in [3.63, 3.8) is 0 Å². The van der Waals surface area contributed by atoms with Crippen molar-refractivity contribution in [1.82, 2.24) is 29.8 Å². The second-order valence-electron chi connectivity index (χ2n) is 6.26. The van der Waals surface area contributed by atoms with E-state index in [-0.39, 0.29) is 0 Å². The molecule has 4 rings (SSSR count). The molecule has 0 saturated heterocycles. The van der Waals surface area contributed by atoms with E-state index in [9.17, 15) is 0 Å². The Balaban J connectivity index is 1.71. The molecule has 0 atom stereocenters. The summed E-state index contributed by atoms with van der Waals surface area (Å²) in [6.07, 6.45) is 3.58. The van der Waals surface area contributed by atoms with Gasteiger partial charge in [-0.2, -0.15) is 4.98 Å². The fourth-order valence-electron chi connectivity index (χ4n) is 3.16. The molecule has 140 valence electrons. The summed E-state index contributed by atoms with van der Waals surface area (Å²) in [5.41, 5.74) is 3.52. The number of rotatable bonds is 5. The largest absolute Gasteiger partial charge is 0.481 e. The van der Waals surface area contributed by atoms with Crippen LogP contribution in [0.25, 0.3) is 11.3 Å². The van der Waals surface area contributed by atoms with Crippen LogP contribution in [0.2, 0.25) is 0 Å². The number of nitrogens with zero attached hydrogens (tertiary/aromatic N) is 5. The molecule has 1 aliphatic heterocycles. The first kappa shape index (κ1) is 17.2. The number of hydrogen-bond donors (Lipinski definition) is 3. The maximum absolute atomic E-state index is 5.48. The molecule has 4 heterocycles. The predicted octanol–water partition coefficient (Wildman–Crippen LogP) is 1.94. The molecule has 3 aromatic rings. The lowest BCUT2D eigenvalue weighted by Crippen LogP contribution is -2.28. The maximum Gasteiger partial charge on any atom is 0.229 e. The van der Waals surface area contributed by atoms with Crippen molar-refractivity contribution < 1.29 is 4.74 Å². The van der Waals surface area contributed by atoms with Crippen LogP contribution in [0, 0.1) is 6.92 Å². The molecule has 0 aliphatic carbocycles. The quantitative estimate of drug-likeness (QED) is 0.630. The Labute approximate surface area is 157 Å². The zero-order chi connectivity index (χ0) is 18.8. The van der Waals surface area contributed by atoms with Gasteiger partial charge >= 0.3 is 0 Å². The van der Waals surface area contributed by atoms with Gasteiger partial charge in [-0.3, -0.25) is 0 Å². The van der Waals surface area contributed by atoms with Crippen molar-refractivity contribution in [3.8, 4) is 17.1 Å². The molecule has 0 unspecified atom stereocenters. The zero-order valence-electron chi connectivity index (χ0n) is 15.6. The Morgan fingerprint density at radius 1 is 1.19 bits per heavy atom. The van der Waals surface area contributed by atoms with Gasteiger partial charge in [0.1, 0.15) is 11.6 Å². The van der Waals surface area contributed by atoms with E-state index in [0.29, 0.717) is 11.8 Å². The standard InChI is InChI=1S/C18H22N8O/c1-11-6-15(19-2)25-18(23-11)24-12-7-13(17(27-3)22-8-12)14-9-21-16-10-20-4-5-26(14)16/h6-9,20H,4-5,10H2,1-3H3,(H2,19,23,24,25). The predicted molar refractivity (Wildman–Crippen MR) is 103 cm³/mol. The summed E-state index contributed by atoms with van der Waals surface area (Å²) >= 11 is 0. The first-order valence-corrected chi connectivity index (χ1v) is 8.78. The van der Waals surface area contributed by atoms with Crippen LogP contribution in [0.15, 0.2) is 24.5 Å². The third kappa shape index (κ3) is 3.41. The summed E-state index contributed by atoms with van der Waals surface area (Å²) in [6, 6.07) is 3.87. The van der Waals surface area contributed by atoms with E-state index in [1.54, 1.807) is 13.3 Å². The molecule has 0 bridgehead atoms. The average molecular weight is 366 g/mol. The van der Waals surface area contributed by atoms with Crippen LogP contribution in [-0.2, 0) is 13.1 Å². The lowest BCUT2D eigenvalue weighted by atomic mass is 10.2. The molecule has 0 saturated carbocycles. The summed E-state index contributed by atoms with van der Waals surface area (Å²) in [4.78, 5) is 17.8. The molecule has 0 radical (unpaired) electrons. The number of ether oxygens (including phenoxy) is 1. The van der Waals surface area contributed by atoms with Gasteiger partial charge in [0.15, 0.2) is 0 Å². The van der Waals surface area contributed by atoms with Crippen molar-refractivity contribution in [2.24, 2.45) is 0 Å². The molecule has 9 nitrogen and oxygen atoms in total. The molecule has 9 heteroatoms. The SMILES string of the molecule is CNc1cc(C)nc(Nc2cnc(OC)c(-c3cnc4n3CCNC4)c2)n1. The summed E-state index contributed by atoms with van der Waals surface area (Å²) in [5, 5.41) is 9.60. The monoisotopic (exact) mass is 366 g/mol. The van der Waals surface area contributed by atoms with Crippen LogP contribution in [0.4, 0.5) is 17.5 Å². The van der Waals surface area contributed by atoms with E-state index in [1.165, 1.54) is 0 Å². The molecule has 1 aliphatic rings. The lowest BCUT2D eigenvalue weighted by Gasteiger charge is -2.18. The van der Waals surface area contributed by atoms with Gasteiger partial charge in [0.05, 0.1) is 43.0 Å². The second-order valence-corrected chi connectivity index (χ2v) is 6.26. The zero-order valence-corrected chi connectivity index (χ0v) is 15.6. The van der Waals surface area contributed by atoms with E-state index >= 15 is 0 Å². The maximum atomic E-state index is 5.48. The van der Waals surface area contributed by atoms with E-state index in [0.717, 1.165) is 53.9 Å². The first-order valence-electron chi connectivity index (χ1n) is 8.78. The fourth-order valence-corrected chi connectivity index (χ4v) is 3.16. The highest BCUT2D eigenvalue weighted by atomic mass is 16.5. The number of hydrogen-bond acceptors (Lipinski definition) is 8. The van der Waals surface area contributed by atoms with Crippen molar-refractivity contribution in [2.75, 3.05) is 31.3 Å². The number of anilines is 3. The molecular weight excluding hydrogens is 344 g/mol. The van der Waals surface area contributed by atoms with Crippen LogP contribution in [0.1, 0.15) is 11.5 Å². The Hall–Kier alpha value is -3.20. The lowest BCUT2D eigenvalue weighted by molar-refractivity contribution is 0.399. The molecule has 3 aromatic heterocycles. The molecule has 0 spiro atoms. The summed E-state index contributed by atoms with van der Waals surface area (Å²) in [6.45, 7) is 4.46. The minimum absolute atomic E-state index is 0.511. The number of fused-ring (bicyclic) bond motifs is 1. The Morgan fingerprint density at radius 2 is 2.07 bits per heavy atom. The number of aryl methyl sites for hydroxylation is 1. The highest BCUT2D eigenvalue weighted by molar-refractivity contribution is 5.71. The average Bonchev–Trinajstić information content (AvgIpc) is 3.11. The van der Waals surface area contributed by atoms with Crippen LogP contribution in [0.3, 0.4) is 0 Å². The Kier molecular flexibility index (Phi) is 4.59. The fraction of sp³-hybridized carbons (Fsp3) is 0.333. The van der Waals surface area contributed by atoms with Gasteiger partial charge in [0.25, 0.3) is 0 Å². The van der Waals surface area contributed by atoms with E-state index in [2.05, 4.69) is 40.5 Å². The van der Waals surface area contributed by atoms with Crippen LogP contribution in [0.5, 0.6) is 5.88 Å². The second kappa shape index (κ2) is 7.20. The highest BCUT2D eigenvalue weighted by Gasteiger charge is 2.19. The highest BCUT2D eigenvalue weighted by Crippen LogP contribution is 2.32. The normalized spacial score (nSPS) is 13.1. The third-order valence-electron chi connectivity index (χ3n) is 4.42. The Morgan fingerprint density at radius 3 is 2.89 bits per heavy atom. The number of aromatic nitrogens is 5. The third-order valence-corrected chi connectivity index (χ3v) is 4.42. The van der Waals surface area contributed by atoms with Crippen LogP contribution < -0.4 is 20.7 Å². The minimum Gasteiger partial charge on any atom is -0.481 e. The smallest absolute Gasteiger partial charge is 0.229 e. The topological polar surface area (TPSA) is 102 Å². The van der Waals surface area contributed by atoms with Crippen molar-refractivity contribution in [3.05, 3.63) is 36.0 Å². The summed E-state index contributed by atoms with van der Waals surface area (Å²) in [7, 11) is 3.45. The van der Waals surface area contributed by atoms with Gasteiger partial charge in [-0.15, -0.1) is 0 Å². The first-order chi connectivity index (χ1) is 13.2. The molecule has 0 amide bonds. The van der Waals surface area contributed by atoms with E-state index in [4.69, 9.17) is 4.74 Å². The number of pyridine rings is 1. The van der Waals surface area contributed by atoms with Crippen LogP contribution >= 0.6 is 0 Å². The minimum atomic E-state index is 0.511. The summed E-state index contributed by atoms with van der Waals surface area (Å²) < 4.78 is 7.68. The van der Waals surface area contributed by atoms with Gasteiger partial charge in [-0.25, -0.2) is 15.0 Å². The van der Waals surface area contributed by atoms with Gasteiger partial charge in [0, 0.05) is 31.9 Å². The van der Waals surface area contributed by atoms with Gasteiger partial charge in [0.2, 0.25) is 11.8 Å². The molecule has 3 N–H and O–H groups in total. The summed E-state index contributed by atoms with van der Waals surface area (Å²) in [5.74, 6) is 2.83. The number of imidazole rings is 1. The van der Waals surface area contributed by atoms with Gasteiger partial charge in [-0.05, 0) is 13.0 Å². The van der Waals surface area contributed by atoms with Crippen molar-refractivity contribution in [1.29, 1.82) is 0 Å². The number of methoxy groups -OCH3 is 1. The molecular formula is C18H22N8O. The van der Waals surface area contributed by atoms with Crippen molar-refractivity contribution >= 4 is 17.5 Å². The molecule has 0 aromatic carbocycles. The molecule has 0 fully saturated rings. The van der Waals surface area contributed by atoms with Crippen molar-refractivity contribution in [2.45, 2.75) is 20.0 Å². The van der Waals surface area contributed by atoms with Gasteiger partial charge in [-0.1, -0.05) is 0 Å². The van der Waals surface area contributed by atoms with E-state index < -0.39 is 0 Å².